The molecule has 168 valence electrons. The van der Waals surface area contributed by atoms with Crippen LogP contribution in [0.15, 0.2) is 77.7 Å². The third-order valence-electron chi connectivity index (χ3n) is 4.51. The van der Waals surface area contributed by atoms with E-state index in [-0.39, 0.29) is 21.7 Å². The first-order chi connectivity index (χ1) is 15.2. The maximum atomic E-state index is 13.4. The number of benzene rings is 3. The van der Waals surface area contributed by atoms with Crippen molar-refractivity contribution in [2.45, 2.75) is 31.8 Å². The lowest BCUT2D eigenvalue weighted by atomic mass is 10.2. The predicted octanol–water partition coefficient (Wildman–Crippen LogP) is 5.27. The molecule has 0 aliphatic carbocycles. The van der Waals surface area contributed by atoms with Gasteiger partial charge in [0.05, 0.1) is 21.7 Å². The van der Waals surface area contributed by atoms with Crippen molar-refractivity contribution in [3.05, 3.63) is 83.4 Å². The Morgan fingerprint density at radius 3 is 2.38 bits per heavy atom. The lowest BCUT2D eigenvalue weighted by molar-refractivity contribution is -0.114. The molecule has 0 atom stereocenters. The van der Waals surface area contributed by atoms with Crippen molar-refractivity contribution in [1.29, 1.82) is 0 Å². The van der Waals surface area contributed by atoms with E-state index in [0.29, 0.717) is 11.4 Å². The number of carbonyl (C=O) groups excluding carboxylic acids is 1. The van der Waals surface area contributed by atoms with Gasteiger partial charge in [-0.15, -0.1) is 0 Å². The maximum Gasteiger partial charge on any atom is 0.264 e. The Labute approximate surface area is 193 Å². The van der Waals surface area contributed by atoms with Crippen LogP contribution in [0.25, 0.3) is 0 Å². The highest BCUT2D eigenvalue weighted by Crippen LogP contribution is 2.30. The number of nitrogens with zero attached hydrogens (tertiary/aromatic N) is 1. The van der Waals surface area contributed by atoms with Crippen molar-refractivity contribution in [3.63, 3.8) is 0 Å². The third kappa shape index (κ3) is 5.81. The third-order valence-corrected chi connectivity index (χ3v) is 6.60. The van der Waals surface area contributed by atoms with Gasteiger partial charge in [-0.1, -0.05) is 47.5 Å². The summed E-state index contributed by atoms with van der Waals surface area (Å²) >= 11 is 6.30. The van der Waals surface area contributed by atoms with Crippen molar-refractivity contribution >= 4 is 38.9 Å². The normalized spacial score (nSPS) is 11.3. The van der Waals surface area contributed by atoms with Gasteiger partial charge in [0.15, 0.2) is 0 Å². The Morgan fingerprint density at radius 1 is 1.03 bits per heavy atom. The molecule has 0 radical (unpaired) electrons. The van der Waals surface area contributed by atoms with Crippen LogP contribution in [0, 0.1) is 6.92 Å². The number of aryl methyl sites for hydroxylation is 1. The van der Waals surface area contributed by atoms with E-state index in [4.69, 9.17) is 16.3 Å². The molecule has 0 aliphatic heterocycles. The zero-order valence-corrected chi connectivity index (χ0v) is 19.7. The van der Waals surface area contributed by atoms with Gasteiger partial charge in [-0.05, 0) is 57.2 Å². The second kappa shape index (κ2) is 10.1. The van der Waals surface area contributed by atoms with Crippen molar-refractivity contribution < 1.29 is 17.9 Å². The maximum absolute atomic E-state index is 13.4. The van der Waals surface area contributed by atoms with Crippen LogP contribution < -0.4 is 14.4 Å². The molecular formula is C24H25ClN2O4S. The van der Waals surface area contributed by atoms with Gasteiger partial charge < -0.3 is 10.1 Å². The summed E-state index contributed by atoms with van der Waals surface area (Å²) < 4.78 is 33.5. The molecule has 0 unspecified atom stereocenters. The summed E-state index contributed by atoms with van der Waals surface area (Å²) in [5.41, 5.74) is 1.65. The van der Waals surface area contributed by atoms with E-state index < -0.39 is 22.5 Å². The van der Waals surface area contributed by atoms with Gasteiger partial charge in [-0.3, -0.25) is 9.10 Å². The molecule has 1 amide bonds. The van der Waals surface area contributed by atoms with Crippen LogP contribution in [0.1, 0.15) is 19.4 Å². The average Bonchev–Trinajstić information content (AvgIpc) is 2.73. The van der Waals surface area contributed by atoms with Gasteiger partial charge in [0.25, 0.3) is 10.0 Å². The number of ether oxygens (including phenoxy) is 1. The predicted molar refractivity (Wildman–Crippen MR) is 128 cm³/mol. The lowest BCUT2D eigenvalue weighted by Gasteiger charge is -2.25. The van der Waals surface area contributed by atoms with E-state index in [2.05, 4.69) is 5.32 Å². The molecule has 0 aliphatic rings. The monoisotopic (exact) mass is 472 g/mol. The number of carbonyl (C=O) groups is 1. The number of rotatable bonds is 8. The fourth-order valence-electron chi connectivity index (χ4n) is 3.04. The van der Waals surface area contributed by atoms with Crippen molar-refractivity contribution in [3.8, 4) is 5.75 Å². The minimum absolute atomic E-state index is 0.0173. The highest BCUT2D eigenvalue weighted by molar-refractivity contribution is 7.92. The van der Waals surface area contributed by atoms with Gasteiger partial charge in [0.1, 0.15) is 12.3 Å². The van der Waals surface area contributed by atoms with E-state index in [9.17, 15) is 13.2 Å². The molecule has 3 rings (SSSR count). The van der Waals surface area contributed by atoms with Crippen LogP contribution >= 0.6 is 11.6 Å². The molecule has 6 nitrogen and oxygen atoms in total. The summed E-state index contributed by atoms with van der Waals surface area (Å²) in [7, 11) is -4.04. The Kier molecular flexibility index (Phi) is 7.43. The van der Waals surface area contributed by atoms with Crippen molar-refractivity contribution in [2.75, 3.05) is 16.2 Å². The molecule has 0 saturated heterocycles. The van der Waals surface area contributed by atoms with Crippen molar-refractivity contribution in [1.82, 2.24) is 0 Å². The molecule has 3 aromatic rings. The largest absolute Gasteiger partial charge is 0.491 e. The van der Waals surface area contributed by atoms with E-state index >= 15 is 0 Å². The number of amides is 1. The number of sulfonamides is 1. The van der Waals surface area contributed by atoms with E-state index in [0.717, 1.165) is 9.87 Å². The standard InChI is InChI=1S/C24H25ClN2O4S/c1-17(2)31-20-8-6-7-19(15-20)26-24(28)16-27(23-10-5-4-9-22(23)25)32(29,30)21-13-11-18(3)12-14-21/h4-15,17H,16H2,1-3H3,(H,26,28). The molecular weight excluding hydrogens is 448 g/mol. The number of hydrogen-bond acceptors (Lipinski definition) is 4. The Bertz CT molecular complexity index is 1190. The molecule has 32 heavy (non-hydrogen) atoms. The quantitative estimate of drug-likeness (QED) is 0.484. The Morgan fingerprint density at radius 2 is 1.72 bits per heavy atom. The minimum Gasteiger partial charge on any atom is -0.491 e. The van der Waals surface area contributed by atoms with E-state index in [1.54, 1.807) is 60.7 Å². The highest BCUT2D eigenvalue weighted by atomic mass is 35.5. The highest BCUT2D eigenvalue weighted by Gasteiger charge is 2.28. The summed E-state index contributed by atoms with van der Waals surface area (Å²) in [6.45, 7) is 5.23. The second-order valence-corrected chi connectivity index (χ2v) is 9.79. The van der Waals surface area contributed by atoms with E-state index in [1.807, 2.05) is 20.8 Å². The van der Waals surface area contributed by atoms with Crippen LogP contribution in [-0.4, -0.2) is 27.0 Å². The summed E-state index contributed by atoms with van der Waals surface area (Å²) in [6.07, 6.45) is -0.0173. The number of para-hydroxylation sites is 1. The lowest BCUT2D eigenvalue weighted by Crippen LogP contribution is -2.38. The summed E-state index contributed by atoms with van der Waals surface area (Å²) in [5.74, 6) is 0.0929. The Balaban J connectivity index is 1.90. The van der Waals surface area contributed by atoms with Gasteiger partial charge in [-0.25, -0.2) is 8.42 Å². The molecule has 8 heteroatoms. The summed E-state index contributed by atoms with van der Waals surface area (Å²) in [4.78, 5) is 12.9. The first-order valence-electron chi connectivity index (χ1n) is 10.1. The van der Waals surface area contributed by atoms with Crippen LogP contribution in [-0.2, 0) is 14.8 Å². The van der Waals surface area contributed by atoms with Gasteiger partial charge in [-0.2, -0.15) is 0 Å². The molecule has 0 aromatic heterocycles. The minimum atomic E-state index is -4.04. The molecule has 0 heterocycles. The van der Waals surface area contributed by atoms with Crippen LogP contribution in [0.3, 0.4) is 0 Å². The van der Waals surface area contributed by atoms with Gasteiger partial charge in [0.2, 0.25) is 5.91 Å². The van der Waals surface area contributed by atoms with Crippen molar-refractivity contribution in [2.24, 2.45) is 0 Å². The summed E-state index contributed by atoms with van der Waals surface area (Å²) in [5, 5.41) is 2.97. The zero-order chi connectivity index (χ0) is 23.3. The fourth-order valence-corrected chi connectivity index (χ4v) is 4.77. The van der Waals surface area contributed by atoms with Crippen LogP contribution in [0.4, 0.5) is 11.4 Å². The second-order valence-electron chi connectivity index (χ2n) is 7.52. The summed E-state index contributed by atoms with van der Waals surface area (Å²) in [6, 6.07) is 19.9. The van der Waals surface area contributed by atoms with E-state index in [1.165, 1.54) is 12.1 Å². The number of hydrogen-bond donors (Lipinski definition) is 1. The zero-order valence-electron chi connectivity index (χ0n) is 18.1. The molecule has 0 saturated carbocycles. The number of anilines is 2. The molecule has 3 aromatic carbocycles. The smallest absolute Gasteiger partial charge is 0.264 e. The fraction of sp³-hybridized carbons (Fsp3) is 0.208. The van der Waals surface area contributed by atoms with Gasteiger partial charge >= 0.3 is 0 Å². The Hall–Kier alpha value is -3.03. The van der Waals surface area contributed by atoms with Crippen LogP contribution in [0.5, 0.6) is 5.75 Å². The number of nitrogens with one attached hydrogen (secondary N) is 1. The number of halogens is 1. The van der Waals surface area contributed by atoms with Gasteiger partial charge in [0, 0.05) is 11.8 Å². The average molecular weight is 473 g/mol. The first kappa shape index (κ1) is 23.6. The topological polar surface area (TPSA) is 75.7 Å². The molecule has 1 N–H and O–H groups in total. The SMILES string of the molecule is Cc1ccc(S(=O)(=O)N(CC(=O)Nc2cccc(OC(C)C)c2)c2ccccc2Cl)cc1. The van der Waals surface area contributed by atoms with Crippen LogP contribution in [0.2, 0.25) is 5.02 Å². The molecule has 0 spiro atoms. The molecule has 0 fully saturated rings. The molecule has 0 bridgehead atoms. The first-order valence-corrected chi connectivity index (χ1v) is 11.9.